The summed E-state index contributed by atoms with van der Waals surface area (Å²) in [5, 5.41) is 12.3. The van der Waals surface area contributed by atoms with Crippen molar-refractivity contribution in [1.29, 1.82) is 0 Å². The number of phenolic OH excluding ortho intramolecular Hbond substituents is 1. The van der Waals surface area contributed by atoms with Crippen LogP contribution in [0.5, 0.6) is 5.75 Å². The Balaban J connectivity index is 0.844. The highest BCUT2D eigenvalue weighted by atomic mass is 35.5. The number of allylic oxidation sites excluding steroid dienone is 1. The van der Waals surface area contributed by atoms with Crippen LogP contribution in [0.1, 0.15) is 82.4 Å². The molecule has 4 aromatic rings. The number of carbonyl (C=O) groups excluding carboxylic acids is 4. The number of imide groups is 2. The number of anilines is 2. The molecule has 10 nitrogen and oxygen atoms in total. The minimum absolute atomic E-state index is 0.0267. The molecule has 304 valence electrons. The standard InChI is InChI=1S/C47H47ClFN5O5/c48-21-18-37(30-4-2-1-3-5-30)44(32-8-14-36(55)15-9-32)31-6-10-33(11-7-31)51-22-19-29(20-23-51)26-52-27-35-13-12-34(52)28-53(35)42-25-39-38(24-40(42)49)46(58)54(47(39)59)41-16-17-43(56)50-45(41)57/h1-11,14-15,24-25,29,34-35,41,55H,12-13,16-23,26-28H2,(H,50,56,57). The van der Waals surface area contributed by atoms with Gasteiger partial charge in [-0.15, -0.1) is 11.6 Å². The maximum absolute atomic E-state index is 15.8. The number of phenols is 1. The van der Waals surface area contributed by atoms with Crippen molar-refractivity contribution in [2.75, 3.05) is 48.4 Å². The Labute approximate surface area is 348 Å². The topological polar surface area (TPSA) is 114 Å². The van der Waals surface area contributed by atoms with Gasteiger partial charge in [-0.25, -0.2) is 4.39 Å². The van der Waals surface area contributed by atoms with Crippen LogP contribution >= 0.6 is 11.6 Å². The van der Waals surface area contributed by atoms with Crippen LogP contribution in [-0.4, -0.2) is 95.3 Å². The molecule has 12 heteroatoms. The Morgan fingerprint density at radius 1 is 0.763 bits per heavy atom. The molecule has 4 aromatic carbocycles. The number of nitrogens with one attached hydrogen (secondary N) is 1. The largest absolute Gasteiger partial charge is 0.508 e. The van der Waals surface area contributed by atoms with E-state index in [0.29, 0.717) is 30.5 Å². The first-order valence-corrected chi connectivity index (χ1v) is 21.3. The van der Waals surface area contributed by atoms with Crippen LogP contribution in [0.4, 0.5) is 15.8 Å². The van der Waals surface area contributed by atoms with Crippen molar-refractivity contribution in [3.63, 3.8) is 0 Å². The van der Waals surface area contributed by atoms with Crippen LogP contribution in [0.2, 0.25) is 0 Å². The number of hydrogen-bond donors (Lipinski definition) is 2. The average molecular weight is 816 g/mol. The zero-order valence-electron chi connectivity index (χ0n) is 32.8. The average Bonchev–Trinajstić information content (AvgIpc) is 3.49. The lowest BCUT2D eigenvalue weighted by Gasteiger charge is -2.53. The van der Waals surface area contributed by atoms with E-state index in [4.69, 9.17) is 11.6 Å². The van der Waals surface area contributed by atoms with Gasteiger partial charge in [-0.1, -0.05) is 54.6 Å². The smallest absolute Gasteiger partial charge is 0.262 e. The third-order valence-corrected chi connectivity index (χ3v) is 13.2. The Morgan fingerprint density at radius 2 is 1.42 bits per heavy atom. The maximum atomic E-state index is 15.8. The highest BCUT2D eigenvalue weighted by molar-refractivity contribution is 6.24. The van der Waals surface area contributed by atoms with Gasteiger partial charge in [0, 0.05) is 62.8 Å². The molecule has 5 saturated heterocycles. The Hall–Kier alpha value is -5.52. The number of piperidine rings is 4. The molecule has 0 radical (unpaired) electrons. The van der Waals surface area contributed by atoms with Gasteiger partial charge in [0.25, 0.3) is 11.8 Å². The molecule has 0 saturated carbocycles. The fraction of sp³-hybridized carbons (Fsp3) is 0.362. The van der Waals surface area contributed by atoms with Crippen molar-refractivity contribution in [2.45, 2.75) is 63.1 Å². The van der Waals surface area contributed by atoms with Gasteiger partial charge in [0.15, 0.2) is 0 Å². The number of amides is 4. The molecular weight excluding hydrogens is 769 g/mol. The number of piperazine rings is 1. The summed E-state index contributed by atoms with van der Waals surface area (Å²) in [6.07, 6.45) is 4.88. The van der Waals surface area contributed by atoms with Crippen molar-refractivity contribution in [3.05, 3.63) is 125 Å². The lowest BCUT2D eigenvalue weighted by molar-refractivity contribution is -0.136. The summed E-state index contributed by atoms with van der Waals surface area (Å²) >= 11 is 6.37. The van der Waals surface area contributed by atoms with Gasteiger partial charge in [0.05, 0.1) is 16.8 Å². The van der Waals surface area contributed by atoms with Gasteiger partial charge in [0.2, 0.25) is 11.8 Å². The summed E-state index contributed by atoms with van der Waals surface area (Å²) in [5.74, 6) is -1.73. The number of alkyl halides is 1. The van der Waals surface area contributed by atoms with Crippen LogP contribution in [0.3, 0.4) is 0 Å². The molecule has 6 aliphatic rings. The minimum atomic E-state index is -1.09. The predicted molar refractivity (Wildman–Crippen MR) is 226 cm³/mol. The number of aromatic hydroxyl groups is 1. The van der Waals surface area contributed by atoms with E-state index in [-0.39, 0.29) is 41.8 Å². The number of fused-ring (bicyclic) bond motifs is 4. The zero-order chi connectivity index (χ0) is 40.8. The summed E-state index contributed by atoms with van der Waals surface area (Å²) in [7, 11) is 0. The van der Waals surface area contributed by atoms with Gasteiger partial charge in [-0.3, -0.25) is 34.3 Å². The third kappa shape index (κ3) is 7.51. The second kappa shape index (κ2) is 16.3. The normalized spacial score (nSPS) is 22.8. The number of carbonyl (C=O) groups is 4. The highest BCUT2D eigenvalue weighted by Crippen LogP contribution is 2.40. The van der Waals surface area contributed by atoms with E-state index in [0.717, 1.165) is 90.7 Å². The van der Waals surface area contributed by atoms with Crippen LogP contribution < -0.4 is 15.1 Å². The van der Waals surface area contributed by atoms with Crippen LogP contribution in [-0.2, 0) is 9.59 Å². The number of halogens is 2. The SMILES string of the molecule is O=C1CCC(N2C(=O)c3cc(F)c(N4CC5CCC4CN5CC4CCN(c5ccc(C(=C(CCCl)c6ccccc6)c6ccc(O)cc6)cc5)CC4)cc3C2=O)C(=O)N1. The van der Waals surface area contributed by atoms with Crippen LogP contribution in [0.15, 0.2) is 91.0 Å². The molecule has 4 amide bonds. The maximum Gasteiger partial charge on any atom is 0.262 e. The van der Waals surface area contributed by atoms with E-state index in [1.54, 1.807) is 12.1 Å². The first-order valence-electron chi connectivity index (χ1n) is 20.7. The summed E-state index contributed by atoms with van der Waals surface area (Å²) < 4.78 is 15.8. The van der Waals surface area contributed by atoms with E-state index in [1.165, 1.54) is 11.8 Å². The summed E-state index contributed by atoms with van der Waals surface area (Å²) in [6, 6.07) is 28.4. The minimum Gasteiger partial charge on any atom is -0.508 e. The predicted octanol–water partition coefficient (Wildman–Crippen LogP) is 7.09. The van der Waals surface area contributed by atoms with Gasteiger partial charge >= 0.3 is 0 Å². The molecular formula is C47H47ClFN5O5. The second-order valence-corrected chi connectivity index (χ2v) is 16.8. The fourth-order valence-corrected chi connectivity index (χ4v) is 10.2. The molecule has 59 heavy (non-hydrogen) atoms. The Bertz CT molecular complexity index is 2310. The Kier molecular flexibility index (Phi) is 10.7. The quantitative estimate of drug-likeness (QED) is 0.0992. The number of benzene rings is 4. The van der Waals surface area contributed by atoms with Crippen molar-refractivity contribution in [2.24, 2.45) is 5.92 Å². The summed E-state index contributed by atoms with van der Waals surface area (Å²) in [4.78, 5) is 59.0. The molecule has 6 heterocycles. The highest BCUT2D eigenvalue weighted by Gasteiger charge is 2.47. The zero-order valence-corrected chi connectivity index (χ0v) is 33.5. The molecule has 2 N–H and O–H groups in total. The first-order chi connectivity index (χ1) is 28.7. The lowest BCUT2D eigenvalue weighted by atomic mass is 9.87. The summed E-state index contributed by atoms with van der Waals surface area (Å²) in [6.45, 7) is 4.37. The van der Waals surface area contributed by atoms with E-state index >= 15 is 4.39 Å². The second-order valence-electron chi connectivity index (χ2n) is 16.5. The van der Waals surface area contributed by atoms with Crippen molar-refractivity contribution >= 4 is 57.8 Å². The van der Waals surface area contributed by atoms with Crippen molar-refractivity contribution < 1.29 is 28.7 Å². The summed E-state index contributed by atoms with van der Waals surface area (Å²) in [5.41, 5.74) is 7.10. The Morgan fingerprint density at radius 3 is 2.07 bits per heavy atom. The molecule has 5 fully saturated rings. The lowest BCUT2D eigenvalue weighted by Crippen LogP contribution is -2.63. The molecule has 3 unspecified atom stereocenters. The first kappa shape index (κ1) is 39.0. The van der Waals surface area contributed by atoms with E-state index < -0.39 is 35.5 Å². The molecule has 0 aliphatic carbocycles. The monoisotopic (exact) mass is 815 g/mol. The number of nitrogens with zero attached hydrogens (tertiary/aromatic N) is 4. The number of hydrogen-bond acceptors (Lipinski definition) is 8. The van der Waals surface area contributed by atoms with Gasteiger partial charge in [-0.2, -0.15) is 0 Å². The molecule has 0 aromatic heterocycles. The van der Waals surface area contributed by atoms with Gasteiger partial charge in [0.1, 0.15) is 17.6 Å². The number of rotatable bonds is 10. The molecule has 10 rings (SSSR count). The molecule has 6 aliphatic heterocycles. The molecule has 2 bridgehead atoms. The fourth-order valence-electron chi connectivity index (χ4n) is 9.97. The van der Waals surface area contributed by atoms with E-state index in [2.05, 4.69) is 56.4 Å². The molecule has 3 atom stereocenters. The van der Waals surface area contributed by atoms with Crippen molar-refractivity contribution in [3.8, 4) is 5.75 Å². The van der Waals surface area contributed by atoms with Gasteiger partial charge in [-0.05, 0) is 109 Å². The van der Waals surface area contributed by atoms with Crippen LogP contribution in [0.25, 0.3) is 11.1 Å². The van der Waals surface area contributed by atoms with Crippen molar-refractivity contribution in [1.82, 2.24) is 15.1 Å². The van der Waals surface area contributed by atoms with Crippen LogP contribution in [0, 0.1) is 11.7 Å². The van der Waals surface area contributed by atoms with Gasteiger partial charge < -0.3 is 14.9 Å². The molecule has 0 spiro atoms. The van der Waals surface area contributed by atoms with E-state index in [1.807, 2.05) is 30.3 Å². The van der Waals surface area contributed by atoms with E-state index in [9.17, 15) is 24.3 Å². The third-order valence-electron chi connectivity index (χ3n) is 13.0.